The van der Waals surface area contributed by atoms with E-state index >= 15 is 0 Å². The molecule has 4 atom stereocenters. The van der Waals surface area contributed by atoms with Gasteiger partial charge in [0.2, 0.25) is 0 Å². The molecule has 0 amide bonds. The van der Waals surface area contributed by atoms with Crippen molar-refractivity contribution in [2.45, 2.75) is 30.0 Å². The smallest absolute Gasteiger partial charge is 0.0722 e. The summed E-state index contributed by atoms with van der Waals surface area (Å²) in [5, 5.41) is 0.777. The van der Waals surface area contributed by atoms with E-state index in [1.165, 1.54) is 0 Å². The quantitative estimate of drug-likeness (QED) is 0.650. The Hall–Kier alpha value is -0.370. The zero-order valence-corrected chi connectivity index (χ0v) is 13.8. The van der Waals surface area contributed by atoms with E-state index < -0.39 is 5.54 Å². The standard InChI is InChI=1S/C15H19Cl2N2P/c1-2-15(19,11-4-6-12(16)7-5-11)14(18)10-3-8-13(17)20-9-10/h3-9,13-14,20H,2,18-19H2,1H3. The molecule has 0 saturated heterocycles. The molecule has 0 bridgehead atoms. The summed E-state index contributed by atoms with van der Waals surface area (Å²) in [5.74, 6) is 2.11. The van der Waals surface area contributed by atoms with Gasteiger partial charge in [0.05, 0.1) is 16.7 Å². The van der Waals surface area contributed by atoms with Gasteiger partial charge in [0, 0.05) is 5.02 Å². The molecule has 0 saturated carbocycles. The van der Waals surface area contributed by atoms with Gasteiger partial charge in [0.25, 0.3) is 0 Å². The first-order chi connectivity index (χ1) is 9.47. The van der Waals surface area contributed by atoms with Gasteiger partial charge in [-0.2, -0.15) is 0 Å². The number of hydrogen-bond acceptors (Lipinski definition) is 2. The predicted molar refractivity (Wildman–Crippen MR) is 90.8 cm³/mol. The third kappa shape index (κ3) is 3.27. The van der Waals surface area contributed by atoms with Crippen LogP contribution in [0.15, 0.2) is 47.8 Å². The van der Waals surface area contributed by atoms with Crippen molar-refractivity contribution >= 4 is 31.8 Å². The van der Waals surface area contributed by atoms with Crippen molar-refractivity contribution < 1.29 is 0 Å². The summed E-state index contributed by atoms with van der Waals surface area (Å²) >= 11 is 12.0. The highest BCUT2D eigenvalue weighted by molar-refractivity contribution is 7.45. The van der Waals surface area contributed by atoms with Gasteiger partial charge in [-0.05, 0) is 29.7 Å². The molecule has 0 spiro atoms. The average molecular weight is 329 g/mol. The Morgan fingerprint density at radius 2 is 2.00 bits per heavy atom. The van der Waals surface area contributed by atoms with Gasteiger partial charge >= 0.3 is 0 Å². The lowest BCUT2D eigenvalue weighted by molar-refractivity contribution is 0.375. The van der Waals surface area contributed by atoms with Crippen molar-refractivity contribution in [2.75, 3.05) is 0 Å². The fraction of sp³-hybridized carbons (Fsp3) is 0.333. The topological polar surface area (TPSA) is 52.0 Å². The van der Waals surface area contributed by atoms with Crippen LogP contribution < -0.4 is 11.5 Å². The third-order valence-corrected chi connectivity index (χ3v) is 5.53. The van der Waals surface area contributed by atoms with Crippen molar-refractivity contribution in [3.8, 4) is 0 Å². The predicted octanol–water partition coefficient (Wildman–Crippen LogP) is 3.93. The van der Waals surface area contributed by atoms with Crippen molar-refractivity contribution in [1.29, 1.82) is 0 Å². The van der Waals surface area contributed by atoms with Crippen LogP contribution in [-0.2, 0) is 5.54 Å². The molecule has 0 fully saturated rings. The molecule has 1 aliphatic rings. The lowest BCUT2D eigenvalue weighted by Crippen LogP contribution is -2.53. The van der Waals surface area contributed by atoms with E-state index in [2.05, 4.69) is 5.82 Å². The summed E-state index contributed by atoms with van der Waals surface area (Å²) in [6, 6.07) is 7.34. The van der Waals surface area contributed by atoms with E-state index in [9.17, 15) is 0 Å². The molecule has 108 valence electrons. The first-order valence-corrected chi connectivity index (χ1v) is 8.53. The lowest BCUT2D eigenvalue weighted by Gasteiger charge is -2.36. The Kier molecular flexibility index (Phi) is 5.28. The van der Waals surface area contributed by atoms with E-state index in [0.29, 0.717) is 13.6 Å². The molecule has 0 aromatic heterocycles. The molecule has 1 aromatic carbocycles. The van der Waals surface area contributed by atoms with Crippen LogP contribution >= 0.6 is 31.8 Å². The minimum atomic E-state index is -0.607. The summed E-state index contributed by atoms with van der Waals surface area (Å²) < 4.78 is 0. The van der Waals surface area contributed by atoms with Gasteiger partial charge < -0.3 is 11.5 Å². The maximum atomic E-state index is 6.60. The van der Waals surface area contributed by atoms with Crippen LogP contribution in [0.1, 0.15) is 18.9 Å². The van der Waals surface area contributed by atoms with Gasteiger partial charge in [-0.1, -0.05) is 57.2 Å². The fourth-order valence-corrected chi connectivity index (χ4v) is 3.55. The SMILES string of the molecule is CCC(N)(c1ccc(Cl)cc1)C(N)C1=CPC(Cl)C=C1. The summed E-state index contributed by atoms with van der Waals surface area (Å²) in [7, 11) is 0.545. The van der Waals surface area contributed by atoms with Crippen LogP contribution in [0.5, 0.6) is 0 Å². The summed E-state index contributed by atoms with van der Waals surface area (Å²) in [5.41, 5.74) is 14.5. The molecule has 5 heteroatoms. The molecule has 2 nitrogen and oxygen atoms in total. The van der Waals surface area contributed by atoms with E-state index in [-0.39, 0.29) is 11.2 Å². The zero-order valence-electron chi connectivity index (χ0n) is 11.3. The molecule has 1 aromatic rings. The molecule has 1 heterocycles. The van der Waals surface area contributed by atoms with Crippen molar-refractivity contribution in [1.82, 2.24) is 0 Å². The van der Waals surface area contributed by atoms with Crippen LogP contribution in [-0.4, -0.2) is 11.2 Å². The normalized spacial score (nSPS) is 24.2. The second-order valence-electron chi connectivity index (χ2n) is 4.95. The van der Waals surface area contributed by atoms with Gasteiger partial charge in [0.1, 0.15) is 0 Å². The molecule has 0 aliphatic carbocycles. The maximum Gasteiger partial charge on any atom is 0.0722 e. The summed E-state index contributed by atoms with van der Waals surface area (Å²) in [6.07, 6.45) is 4.72. The highest BCUT2D eigenvalue weighted by atomic mass is 35.5. The van der Waals surface area contributed by atoms with Crippen LogP contribution in [0.4, 0.5) is 0 Å². The van der Waals surface area contributed by atoms with E-state index in [1.54, 1.807) is 0 Å². The number of rotatable bonds is 4. The Morgan fingerprint density at radius 3 is 2.50 bits per heavy atom. The van der Waals surface area contributed by atoms with Crippen LogP contribution in [0, 0.1) is 0 Å². The minimum absolute atomic E-state index is 0.0790. The minimum Gasteiger partial charge on any atom is -0.322 e. The van der Waals surface area contributed by atoms with Crippen LogP contribution in [0.3, 0.4) is 0 Å². The molecule has 4 N–H and O–H groups in total. The van der Waals surface area contributed by atoms with Crippen molar-refractivity contribution in [3.05, 3.63) is 58.4 Å². The van der Waals surface area contributed by atoms with E-state index in [4.69, 9.17) is 34.7 Å². The average Bonchev–Trinajstić information content (AvgIpc) is 2.47. The number of alkyl halides is 1. The van der Waals surface area contributed by atoms with E-state index in [1.807, 2.05) is 43.3 Å². The van der Waals surface area contributed by atoms with Gasteiger partial charge in [-0.3, -0.25) is 0 Å². The van der Waals surface area contributed by atoms with Crippen molar-refractivity contribution in [2.24, 2.45) is 11.5 Å². The Labute approximate surface area is 132 Å². The molecular weight excluding hydrogens is 310 g/mol. The molecule has 2 rings (SSSR count). The summed E-state index contributed by atoms with van der Waals surface area (Å²) in [6.45, 7) is 2.05. The first-order valence-electron chi connectivity index (χ1n) is 6.56. The Balaban J connectivity index is 2.30. The summed E-state index contributed by atoms with van der Waals surface area (Å²) in [4.78, 5) is 0. The first kappa shape index (κ1) is 16.0. The highest BCUT2D eigenvalue weighted by Gasteiger charge is 2.34. The van der Waals surface area contributed by atoms with Crippen LogP contribution in [0.2, 0.25) is 5.02 Å². The number of benzene rings is 1. The monoisotopic (exact) mass is 328 g/mol. The number of hydrogen-bond donors (Lipinski definition) is 2. The van der Waals surface area contributed by atoms with Gasteiger partial charge in [-0.25, -0.2) is 0 Å². The highest BCUT2D eigenvalue weighted by Crippen LogP contribution is 2.36. The second-order valence-corrected chi connectivity index (χ2v) is 7.47. The molecule has 4 unspecified atom stereocenters. The zero-order chi connectivity index (χ0) is 14.8. The third-order valence-electron chi connectivity index (χ3n) is 3.75. The fourth-order valence-electron chi connectivity index (χ4n) is 2.33. The largest absolute Gasteiger partial charge is 0.322 e. The Morgan fingerprint density at radius 1 is 1.35 bits per heavy atom. The van der Waals surface area contributed by atoms with Gasteiger partial charge in [0.15, 0.2) is 0 Å². The lowest BCUT2D eigenvalue weighted by atomic mass is 9.78. The number of halogens is 2. The molecule has 20 heavy (non-hydrogen) atoms. The number of nitrogens with two attached hydrogens (primary N) is 2. The van der Waals surface area contributed by atoms with E-state index in [0.717, 1.165) is 17.6 Å². The molecular formula is C15H19Cl2N2P. The molecule has 1 aliphatic heterocycles. The van der Waals surface area contributed by atoms with Gasteiger partial charge in [-0.15, -0.1) is 11.6 Å². The second kappa shape index (κ2) is 6.60. The van der Waals surface area contributed by atoms with Crippen LogP contribution in [0.25, 0.3) is 0 Å². The Bertz CT molecular complexity index is 527. The maximum absolute atomic E-state index is 6.60. The molecule has 0 radical (unpaired) electrons. The number of allylic oxidation sites excluding steroid dienone is 1. The van der Waals surface area contributed by atoms with Crippen molar-refractivity contribution in [3.63, 3.8) is 0 Å².